The number of esters is 1. The van der Waals surface area contributed by atoms with Gasteiger partial charge in [0, 0.05) is 19.5 Å². The van der Waals surface area contributed by atoms with Crippen molar-refractivity contribution in [2.45, 2.75) is 24.9 Å². The van der Waals surface area contributed by atoms with E-state index in [1.54, 1.807) is 11.9 Å². The SMILES string of the molecule is COC(=O)c1nc(C2CC2)nc(N(C)CC(O)c2ccccc2)c1Cl. The summed E-state index contributed by atoms with van der Waals surface area (Å²) in [7, 11) is 3.07. The third-order valence-electron chi connectivity index (χ3n) is 4.16. The molecule has 1 saturated carbocycles. The Morgan fingerprint density at radius 1 is 1.36 bits per heavy atom. The topological polar surface area (TPSA) is 75.5 Å². The Kier molecular flexibility index (Phi) is 5.20. The molecule has 1 aliphatic rings. The van der Waals surface area contributed by atoms with Gasteiger partial charge in [0.05, 0.1) is 13.2 Å². The van der Waals surface area contributed by atoms with Gasteiger partial charge in [-0.25, -0.2) is 14.8 Å². The zero-order chi connectivity index (χ0) is 18.0. The van der Waals surface area contributed by atoms with Crippen LogP contribution in [0.5, 0.6) is 0 Å². The van der Waals surface area contributed by atoms with Gasteiger partial charge < -0.3 is 14.7 Å². The average molecular weight is 362 g/mol. The van der Waals surface area contributed by atoms with E-state index in [9.17, 15) is 9.90 Å². The van der Waals surface area contributed by atoms with E-state index in [-0.39, 0.29) is 23.2 Å². The van der Waals surface area contributed by atoms with E-state index in [0.717, 1.165) is 18.4 Å². The van der Waals surface area contributed by atoms with Crippen LogP contribution in [0, 0.1) is 0 Å². The molecule has 1 atom stereocenters. The first-order valence-corrected chi connectivity index (χ1v) is 8.49. The van der Waals surface area contributed by atoms with Gasteiger partial charge in [-0.05, 0) is 18.4 Å². The highest BCUT2D eigenvalue weighted by molar-refractivity contribution is 6.35. The summed E-state index contributed by atoms with van der Waals surface area (Å²) in [5, 5.41) is 10.6. The highest BCUT2D eigenvalue weighted by Crippen LogP contribution is 2.40. The van der Waals surface area contributed by atoms with Crippen molar-refractivity contribution >= 4 is 23.4 Å². The summed E-state index contributed by atoms with van der Waals surface area (Å²) in [6, 6.07) is 9.35. The van der Waals surface area contributed by atoms with Crippen LogP contribution in [-0.4, -0.2) is 41.7 Å². The van der Waals surface area contributed by atoms with E-state index >= 15 is 0 Å². The quantitative estimate of drug-likeness (QED) is 0.797. The van der Waals surface area contributed by atoms with Crippen LogP contribution in [0.15, 0.2) is 30.3 Å². The average Bonchev–Trinajstić information content (AvgIpc) is 3.47. The molecule has 1 fully saturated rings. The first-order valence-electron chi connectivity index (χ1n) is 8.11. The fraction of sp³-hybridized carbons (Fsp3) is 0.389. The number of hydrogen-bond acceptors (Lipinski definition) is 6. The Morgan fingerprint density at radius 3 is 2.64 bits per heavy atom. The lowest BCUT2D eigenvalue weighted by atomic mass is 10.1. The van der Waals surface area contributed by atoms with Crippen molar-refractivity contribution in [3.05, 3.63) is 52.4 Å². The summed E-state index contributed by atoms with van der Waals surface area (Å²) >= 11 is 6.35. The van der Waals surface area contributed by atoms with Gasteiger partial charge >= 0.3 is 5.97 Å². The standard InChI is InChI=1S/C18H20ClN3O3/c1-22(10-13(23)11-6-4-3-5-7-11)17-14(19)15(18(24)25-2)20-16(21-17)12-8-9-12/h3-7,12-13,23H,8-10H2,1-2H3. The van der Waals surface area contributed by atoms with Crippen LogP contribution in [0.25, 0.3) is 0 Å². The van der Waals surface area contributed by atoms with Crippen LogP contribution < -0.4 is 4.90 Å². The lowest BCUT2D eigenvalue weighted by Crippen LogP contribution is -2.26. The van der Waals surface area contributed by atoms with Gasteiger partial charge in [-0.2, -0.15) is 0 Å². The molecule has 1 heterocycles. The number of carbonyl (C=O) groups excluding carboxylic acids is 1. The zero-order valence-corrected chi connectivity index (χ0v) is 14.9. The van der Waals surface area contributed by atoms with Crippen LogP contribution >= 0.6 is 11.6 Å². The molecular weight excluding hydrogens is 342 g/mol. The second-order valence-electron chi connectivity index (χ2n) is 6.14. The van der Waals surface area contributed by atoms with Crippen molar-refractivity contribution in [3.8, 4) is 0 Å². The minimum Gasteiger partial charge on any atom is -0.464 e. The second kappa shape index (κ2) is 7.37. The maximum Gasteiger partial charge on any atom is 0.358 e. The molecule has 7 heteroatoms. The summed E-state index contributed by atoms with van der Waals surface area (Å²) in [4.78, 5) is 22.5. The van der Waals surface area contributed by atoms with Crippen LogP contribution in [0.4, 0.5) is 5.82 Å². The second-order valence-corrected chi connectivity index (χ2v) is 6.52. The molecule has 1 unspecified atom stereocenters. The van der Waals surface area contributed by atoms with Crippen LogP contribution in [-0.2, 0) is 4.74 Å². The van der Waals surface area contributed by atoms with Gasteiger partial charge in [0.2, 0.25) is 0 Å². The van der Waals surface area contributed by atoms with Crippen LogP contribution in [0.2, 0.25) is 5.02 Å². The van der Waals surface area contributed by atoms with Gasteiger partial charge in [0.1, 0.15) is 10.8 Å². The molecular formula is C18H20ClN3O3. The molecule has 6 nitrogen and oxygen atoms in total. The fourth-order valence-electron chi connectivity index (χ4n) is 2.59. The van der Waals surface area contributed by atoms with Gasteiger partial charge in [-0.15, -0.1) is 0 Å². The minimum absolute atomic E-state index is 0.0668. The van der Waals surface area contributed by atoms with E-state index in [4.69, 9.17) is 16.3 Å². The molecule has 1 aromatic heterocycles. The molecule has 132 valence electrons. The summed E-state index contributed by atoms with van der Waals surface area (Å²) in [5.41, 5.74) is 0.868. The molecule has 3 rings (SSSR count). The Morgan fingerprint density at radius 2 is 2.04 bits per heavy atom. The molecule has 0 saturated heterocycles. The van der Waals surface area contributed by atoms with Crippen molar-refractivity contribution < 1.29 is 14.6 Å². The third-order valence-corrected chi connectivity index (χ3v) is 4.51. The van der Waals surface area contributed by atoms with Crippen LogP contribution in [0.3, 0.4) is 0 Å². The number of rotatable bonds is 6. The molecule has 0 aliphatic heterocycles. The molecule has 2 aromatic rings. The monoisotopic (exact) mass is 361 g/mol. The predicted octanol–water partition coefficient (Wildman–Crippen LogP) is 2.96. The zero-order valence-electron chi connectivity index (χ0n) is 14.1. The Bertz CT molecular complexity index is 766. The summed E-state index contributed by atoms with van der Waals surface area (Å²) in [5.74, 6) is 0.689. The molecule has 0 amide bonds. The summed E-state index contributed by atoms with van der Waals surface area (Å²) in [6.07, 6.45) is 1.29. The predicted molar refractivity (Wildman–Crippen MR) is 95.0 cm³/mol. The number of benzene rings is 1. The molecule has 25 heavy (non-hydrogen) atoms. The lowest BCUT2D eigenvalue weighted by molar-refractivity contribution is 0.0593. The number of aliphatic hydroxyl groups excluding tert-OH is 1. The van der Waals surface area contributed by atoms with Crippen molar-refractivity contribution in [2.24, 2.45) is 0 Å². The molecule has 1 N–H and O–H groups in total. The Hall–Kier alpha value is -2.18. The van der Waals surface area contributed by atoms with Crippen molar-refractivity contribution in [1.82, 2.24) is 9.97 Å². The summed E-state index contributed by atoms with van der Waals surface area (Å²) in [6.45, 7) is 0.283. The number of nitrogens with zero attached hydrogens (tertiary/aromatic N) is 3. The Balaban J connectivity index is 1.89. The van der Waals surface area contributed by atoms with Gasteiger partial charge in [-0.1, -0.05) is 41.9 Å². The first kappa shape index (κ1) is 17.6. The number of hydrogen-bond donors (Lipinski definition) is 1. The Labute approximate surface area is 151 Å². The number of carbonyl (C=O) groups is 1. The van der Waals surface area contributed by atoms with Crippen molar-refractivity contribution in [1.29, 1.82) is 0 Å². The maximum absolute atomic E-state index is 12.0. The lowest BCUT2D eigenvalue weighted by Gasteiger charge is -2.24. The number of likely N-dealkylation sites (N-methyl/N-ethyl adjacent to an activating group) is 1. The van der Waals surface area contributed by atoms with Crippen molar-refractivity contribution in [2.75, 3.05) is 25.6 Å². The van der Waals surface area contributed by atoms with E-state index in [1.165, 1.54) is 7.11 Å². The number of halogens is 1. The smallest absolute Gasteiger partial charge is 0.358 e. The largest absolute Gasteiger partial charge is 0.464 e. The molecule has 0 bridgehead atoms. The number of ether oxygens (including phenoxy) is 1. The number of aliphatic hydroxyl groups is 1. The van der Waals surface area contributed by atoms with Gasteiger partial charge in [0.25, 0.3) is 0 Å². The number of aromatic nitrogens is 2. The molecule has 1 aliphatic carbocycles. The van der Waals surface area contributed by atoms with E-state index in [0.29, 0.717) is 11.6 Å². The van der Waals surface area contributed by atoms with E-state index < -0.39 is 12.1 Å². The third kappa shape index (κ3) is 3.91. The fourth-order valence-corrected chi connectivity index (χ4v) is 2.89. The highest BCUT2D eigenvalue weighted by atomic mass is 35.5. The minimum atomic E-state index is -0.705. The molecule has 0 radical (unpaired) electrons. The van der Waals surface area contributed by atoms with Crippen molar-refractivity contribution in [3.63, 3.8) is 0 Å². The van der Waals surface area contributed by atoms with Crippen LogP contribution in [0.1, 0.15) is 46.7 Å². The normalized spacial score (nSPS) is 14.9. The van der Waals surface area contributed by atoms with Gasteiger partial charge in [0.15, 0.2) is 11.5 Å². The summed E-state index contributed by atoms with van der Waals surface area (Å²) < 4.78 is 4.78. The number of methoxy groups -OCH3 is 1. The van der Waals surface area contributed by atoms with Gasteiger partial charge in [-0.3, -0.25) is 0 Å². The highest BCUT2D eigenvalue weighted by Gasteiger charge is 2.31. The number of anilines is 1. The molecule has 1 aromatic carbocycles. The maximum atomic E-state index is 12.0. The first-order chi connectivity index (χ1) is 12.0. The van der Waals surface area contributed by atoms with E-state index in [1.807, 2.05) is 30.3 Å². The molecule has 0 spiro atoms. The van der Waals surface area contributed by atoms with E-state index in [2.05, 4.69) is 9.97 Å².